The van der Waals surface area contributed by atoms with Gasteiger partial charge in [0.15, 0.2) is 9.84 Å². The van der Waals surface area contributed by atoms with Crippen molar-refractivity contribution < 1.29 is 18.1 Å². The fourth-order valence-electron chi connectivity index (χ4n) is 3.04. The predicted octanol–water partition coefficient (Wildman–Crippen LogP) is 3.33. The molecule has 0 unspecified atom stereocenters. The quantitative estimate of drug-likeness (QED) is 0.569. The Labute approximate surface area is 157 Å². The van der Waals surface area contributed by atoms with E-state index in [2.05, 4.69) is 10.3 Å². The van der Waals surface area contributed by atoms with E-state index in [1.807, 2.05) is 12.1 Å². The van der Waals surface area contributed by atoms with E-state index in [0.717, 1.165) is 24.7 Å². The molecule has 0 radical (unpaired) electrons. The van der Waals surface area contributed by atoms with Gasteiger partial charge in [-0.05, 0) is 43.4 Å². The monoisotopic (exact) mass is 391 g/mol. The first-order valence-corrected chi connectivity index (χ1v) is 10.6. The lowest BCUT2D eigenvalue weighted by Gasteiger charge is -2.12. The lowest BCUT2D eigenvalue weighted by Crippen LogP contribution is -2.12. The van der Waals surface area contributed by atoms with Gasteiger partial charge in [-0.3, -0.25) is 10.1 Å². The van der Waals surface area contributed by atoms with Gasteiger partial charge in [-0.2, -0.15) is 0 Å². The number of ether oxygens (including phenoxy) is 1. The fraction of sp³-hybridized carbons (Fsp3) is 0.389. The molecule has 1 aromatic heterocycles. The third-order valence-electron chi connectivity index (χ3n) is 4.44. The van der Waals surface area contributed by atoms with Crippen LogP contribution < -0.4 is 10.1 Å². The summed E-state index contributed by atoms with van der Waals surface area (Å²) in [7, 11) is -3.71. The Morgan fingerprint density at radius 3 is 2.59 bits per heavy atom. The molecular weight excluding hydrogens is 370 g/mol. The Bertz CT molecular complexity index is 923. The van der Waals surface area contributed by atoms with Crippen molar-refractivity contribution in [1.29, 1.82) is 0 Å². The van der Waals surface area contributed by atoms with Gasteiger partial charge >= 0.3 is 0 Å². The molecule has 1 aromatic carbocycles. The molecule has 0 aliphatic heterocycles. The van der Waals surface area contributed by atoms with Gasteiger partial charge < -0.3 is 10.1 Å². The van der Waals surface area contributed by atoms with Crippen molar-refractivity contribution in [2.24, 2.45) is 0 Å². The van der Waals surface area contributed by atoms with Gasteiger partial charge in [-0.1, -0.05) is 6.07 Å². The number of aromatic nitrogens is 1. The average Bonchev–Trinajstić information content (AvgIpc) is 3.13. The Balaban J connectivity index is 1.66. The van der Waals surface area contributed by atoms with Crippen LogP contribution in [0.4, 0.5) is 11.4 Å². The minimum atomic E-state index is -3.71. The number of benzene rings is 1. The average molecular weight is 391 g/mol. The number of nitrogens with zero attached hydrogens (tertiary/aromatic N) is 2. The van der Waals surface area contributed by atoms with Crippen LogP contribution in [0.2, 0.25) is 0 Å². The van der Waals surface area contributed by atoms with E-state index in [4.69, 9.17) is 4.74 Å². The molecule has 0 amide bonds. The van der Waals surface area contributed by atoms with Gasteiger partial charge in [-0.25, -0.2) is 13.4 Å². The summed E-state index contributed by atoms with van der Waals surface area (Å²) in [5, 5.41) is 14.1. The number of hydrogen-bond acceptors (Lipinski definition) is 7. The zero-order valence-electron chi connectivity index (χ0n) is 14.9. The molecule has 1 N–H and O–H groups in total. The molecule has 0 bridgehead atoms. The Morgan fingerprint density at radius 2 is 2.00 bits per heavy atom. The first-order valence-electron chi connectivity index (χ1n) is 8.67. The number of pyridine rings is 1. The van der Waals surface area contributed by atoms with Gasteiger partial charge in [0, 0.05) is 36.8 Å². The second-order valence-electron chi connectivity index (χ2n) is 6.59. The van der Waals surface area contributed by atoms with Crippen LogP contribution in [0.15, 0.2) is 41.4 Å². The molecule has 1 aliphatic rings. The smallest absolute Gasteiger partial charge is 0.288 e. The number of nitro groups is 1. The van der Waals surface area contributed by atoms with Crippen molar-refractivity contribution in [1.82, 2.24) is 4.98 Å². The van der Waals surface area contributed by atoms with Crippen LogP contribution in [0.1, 0.15) is 31.2 Å². The van der Waals surface area contributed by atoms with Crippen molar-refractivity contribution >= 4 is 21.2 Å². The summed E-state index contributed by atoms with van der Waals surface area (Å²) in [5.74, 6) is 0.598. The standard InChI is InChI=1S/C18H21N3O5S/c1-27(24,25)17-10-14(7-8-16(17)21(22)23)19-11-13-6-9-18(20-12-13)26-15-4-2-3-5-15/h6-10,12,15,19H,2-5,11H2,1H3. The second-order valence-corrected chi connectivity index (χ2v) is 8.58. The first-order chi connectivity index (χ1) is 12.8. The van der Waals surface area contributed by atoms with Gasteiger partial charge in [0.1, 0.15) is 11.0 Å². The first kappa shape index (κ1) is 19.1. The van der Waals surface area contributed by atoms with E-state index in [0.29, 0.717) is 18.1 Å². The summed E-state index contributed by atoms with van der Waals surface area (Å²) in [5.41, 5.74) is 0.929. The Kier molecular flexibility index (Phi) is 5.59. The zero-order chi connectivity index (χ0) is 19.4. The molecule has 1 heterocycles. The highest BCUT2D eigenvalue weighted by molar-refractivity contribution is 7.90. The van der Waals surface area contributed by atoms with E-state index in [1.54, 1.807) is 6.20 Å². The highest BCUT2D eigenvalue weighted by atomic mass is 32.2. The summed E-state index contributed by atoms with van der Waals surface area (Å²) in [6, 6.07) is 7.64. The number of nitrogens with one attached hydrogen (secondary N) is 1. The number of rotatable bonds is 7. The van der Waals surface area contributed by atoms with Crippen molar-refractivity contribution in [2.45, 2.75) is 43.2 Å². The third-order valence-corrected chi connectivity index (χ3v) is 5.57. The van der Waals surface area contributed by atoms with E-state index in [-0.39, 0.29) is 11.0 Å². The van der Waals surface area contributed by atoms with Crippen molar-refractivity contribution in [2.75, 3.05) is 11.6 Å². The van der Waals surface area contributed by atoms with Gasteiger partial charge in [-0.15, -0.1) is 0 Å². The van der Waals surface area contributed by atoms with Crippen molar-refractivity contribution in [3.05, 3.63) is 52.2 Å². The van der Waals surface area contributed by atoms with Gasteiger partial charge in [0.05, 0.1) is 4.92 Å². The third kappa shape index (κ3) is 4.94. The molecule has 9 heteroatoms. The van der Waals surface area contributed by atoms with Crippen molar-refractivity contribution in [3.63, 3.8) is 0 Å². The molecule has 0 atom stereocenters. The van der Waals surface area contributed by atoms with Gasteiger partial charge in [0.2, 0.25) is 5.88 Å². The molecule has 8 nitrogen and oxygen atoms in total. The van der Waals surface area contributed by atoms with Crippen LogP contribution in [-0.2, 0) is 16.4 Å². The maximum atomic E-state index is 11.8. The minimum absolute atomic E-state index is 0.246. The molecule has 0 spiro atoms. The summed E-state index contributed by atoms with van der Waals surface area (Å²) in [6.45, 7) is 0.401. The van der Waals surface area contributed by atoms with E-state index in [9.17, 15) is 18.5 Å². The molecule has 1 saturated carbocycles. The molecule has 144 valence electrons. The summed E-state index contributed by atoms with van der Waals surface area (Å²) in [6.07, 6.45) is 7.40. The molecule has 27 heavy (non-hydrogen) atoms. The summed E-state index contributed by atoms with van der Waals surface area (Å²) >= 11 is 0. The van der Waals surface area contributed by atoms with Crippen LogP contribution >= 0.6 is 0 Å². The number of hydrogen-bond donors (Lipinski definition) is 1. The van der Waals surface area contributed by atoms with Crippen LogP contribution in [0, 0.1) is 10.1 Å². The predicted molar refractivity (Wildman–Crippen MR) is 101 cm³/mol. The van der Waals surface area contributed by atoms with Crippen LogP contribution in [0.5, 0.6) is 5.88 Å². The molecular formula is C18H21N3O5S. The normalized spacial score (nSPS) is 14.9. The SMILES string of the molecule is CS(=O)(=O)c1cc(NCc2ccc(OC3CCCC3)nc2)ccc1[N+](=O)[O-]. The number of anilines is 1. The number of sulfone groups is 1. The fourth-order valence-corrected chi connectivity index (χ4v) is 3.90. The maximum Gasteiger partial charge on any atom is 0.288 e. The maximum absolute atomic E-state index is 11.8. The summed E-state index contributed by atoms with van der Waals surface area (Å²) < 4.78 is 29.4. The lowest BCUT2D eigenvalue weighted by molar-refractivity contribution is -0.387. The van der Waals surface area contributed by atoms with Gasteiger partial charge in [0.25, 0.3) is 5.69 Å². The number of nitro benzene ring substituents is 1. The van der Waals surface area contributed by atoms with E-state index >= 15 is 0 Å². The Morgan fingerprint density at radius 1 is 1.26 bits per heavy atom. The van der Waals surface area contributed by atoms with Crippen LogP contribution in [0.25, 0.3) is 0 Å². The Hall–Kier alpha value is -2.68. The summed E-state index contributed by atoms with van der Waals surface area (Å²) in [4.78, 5) is 14.3. The highest BCUT2D eigenvalue weighted by Crippen LogP contribution is 2.27. The molecule has 3 rings (SSSR count). The zero-order valence-corrected chi connectivity index (χ0v) is 15.7. The molecule has 1 fully saturated rings. The second kappa shape index (κ2) is 7.91. The molecule has 2 aromatic rings. The highest BCUT2D eigenvalue weighted by Gasteiger charge is 2.22. The van der Waals surface area contributed by atoms with Crippen LogP contribution in [0.3, 0.4) is 0 Å². The van der Waals surface area contributed by atoms with E-state index in [1.165, 1.54) is 31.0 Å². The topological polar surface area (TPSA) is 111 Å². The lowest BCUT2D eigenvalue weighted by atomic mass is 10.2. The van der Waals surface area contributed by atoms with Crippen LogP contribution in [-0.4, -0.2) is 30.7 Å². The largest absolute Gasteiger partial charge is 0.474 e. The van der Waals surface area contributed by atoms with E-state index < -0.39 is 20.4 Å². The molecule has 0 saturated heterocycles. The van der Waals surface area contributed by atoms with Crippen molar-refractivity contribution in [3.8, 4) is 5.88 Å². The molecule has 1 aliphatic carbocycles. The minimum Gasteiger partial charge on any atom is -0.474 e.